The normalized spacial score (nSPS) is 12.7. The van der Waals surface area contributed by atoms with Crippen LogP contribution in [-0.4, -0.2) is 41.9 Å². The molecule has 0 aliphatic heterocycles. The summed E-state index contributed by atoms with van der Waals surface area (Å²) in [6.07, 6.45) is 1.63. The molecule has 1 aromatic heterocycles. The van der Waals surface area contributed by atoms with E-state index >= 15 is 0 Å². The highest BCUT2D eigenvalue weighted by molar-refractivity contribution is 6.31. The molecule has 1 atom stereocenters. The molecule has 1 unspecified atom stereocenters. The molecule has 0 aliphatic rings. The largest absolute Gasteiger partial charge is 0.391 e. The number of carbonyl (C=O) groups is 1. The van der Waals surface area contributed by atoms with Crippen LogP contribution in [0.25, 0.3) is 0 Å². The van der Waals surface area contributed by atoms with E-state index < -0.39 is 6.10 Å². The lowest BCUT2D eigenvalue weighted by molar-refractivity contribution is 0.0587. The zero-order valence-corrected chi connectivity index (χ0v) is 12.3. The van der Waals surface area contributed by atoms with Crippen LogP contribution in [0, 0.1) is 0 Å². The minimum absolute atomic E-state index is 0.160. The van der Waals surface area contributed by atoms with Gasteiger partial charge in [-0.3, -0.25) is 4.79 Å². The molecule has 0 aliphatic carbocycles. The highest BCUT2D eigenvalue weighted by Crippen LogP contribution is 2.18. The molecule has 0 aromatic carbocycles. The monoisotopic (exact) mass is 288 g/mol. The van der Waals surface area contributed by atoms with Gasteiger partial charge in [0, 0.05) is 25.9 Å². The van der Waals surface area contributed by atoms with Crippen LogP contribution < -0.4 is 5.32 Å². The van der Waals surface area contributed by atoms with Crippen LogP contribution in [0.15, 0.2) is 12.3 Å². The molecular formula is C13H21ClN2O3. The van der Waals surface area contributed by atoms with Crippen molar-refractivity contribution in [3.63, 3.8) is 0 Å². The maximum Gasteiger partial charge on any atom is 0.267 e. The van der Waals surface area contributed by atoms with Crippen molar-refractivity contribution in [2.45, 2.75) is 32.4 Å². The lowest BCUT2D eigenvalue weighted by Gasteiger charge is -2.13. The molecule has 1 heterocycles. The summed E-state index contributed by atoms with van der Waals surface area (Å²) in [6, 6.07) is 1.80. The van der Waals surface area contributed by atoms with Gasteiger partial charge in [0.05, 0.1) is 17.7 Å². The number of aliphatic hydroxyl groups excluding tert-OH is 1. The fraction of sp³-hybridized carbons (Fsp3) is 0.615. The van der Waals surface area contributed by atoms with Gasteiger partial charge in [-0.05, 0) is 26.3 Å². The number of amides is 1. The Morgan fingerprint density at radius 2 is 2.26 bits per heavy atom. The van der Waals surface area contributed by atoms with Crippen molar-refractivity contribution < 1.29 is 14.6 Å². The maximum atomic E-state index is 12.0. The third kappa shape index (κ3) is 4.86. The Hall–Kier alpha value is -1.04. The molecule has 6 heteroatoms. The number of halogens is 1. The standard InChI is InChI=1S/C13H21ClN2O3/c1-9(2)16-7-10(14)6-12(16)13(18)15-5-4-11(17)8-19-3/h6-7,9,11,17H,4-5,8H2,1-3H3,(H,15,18). The van der Waals surface area contributed by atoms with Crippen molar-refractivity contribution in [3.05, 3.63) is 23.0 Å². The molecule has 0 spiro atoms. The highest BCUT2D eigenvalue weighted by Gasteiger charge is 2.15. The number of carbonyl (C=O) groups excluding carboxylic acids is 1. The molecule has 0 radical (unpaired) electrons. The zero-order chi connectivity index (χ0) is 14.4. The number of aromatic nitrogens is 1. The number of ether oxygens (including phenoxy) is 1. The number of nitrogens with one attached hydrogen (secondary N) is 1. The van der Waals surface area contributed by atoms with E-state index in [4.69, 9.17) is 16.3 Å². The Balaban J connectivity index is 2.54. The summed E-state index contributed by atoms with van der Waals surface area (Å²) in [5, 5.41) is 12.8. The van der Waals surface area contributed by atoms with Gasteiger partial charge in [0.15, 0.2) is 0 Å². The van der Waals surface area contributed by atoms with Gasteiger partial charge in [-0.2, -0.15) is 0 Å². The average molecular weight is 289 g/mol. The fourth-order valence-corrected chi connectivity index (χ4v) is 1.98. The quantitative estimate of drug-likeness (QED) is 0.805. The van der Waals surface area contributed by atoms with Gasteiger partial charge in [-0.15, -0.1) is 0 Å². The van der Waals surface area contributed by atoms with Gasteiger partial charge in [-0.1, -0.05) is 11.6 Å². The Bertz CT molecular complexity index is 418. The molecule has 0 fully saturated rings. The van der Waals surface area contributed by atoms with Gasteiger partial charge in [0.1, 0.15) is 5.69 Å². The van der Waals surface area contributed by atoms with E-state index in [1.54, 1.807) is 12.3 Å². The molecule has 5 nitrogen and oxygen atoms in total. The molecule has 1 aromatic rings. The van der Waals surface area contributed by atoms with Crippen molar-refractivity contribution in [1.82, 2.24) is 9.88 Å². The second-order valence-electron chi connectivity index (χ2n) is 4.70. The van der Waals surface area contributed by atoms with E-state index in [1.807, 2.05) is 18.4 Å². The summed E-state index contributed by atoms with van der Waals surface area (Å²) in [6.45, 7) is 4.62. The molecule has 19 heavy (non-hydrogen) atoms. The second-order valence-corrected chi connectivity index (χ2v) is 5.13. The zero-order valence-electron chi connectivity index (χ0n) is 11.5. The van der Waals surface area contributed by atoms with E-state index in [1.165, 1.54) is 7.11 Å². The summed E-state index contributed by atoms with van der Waals surface area (Å²) in [5.41, 5.74) is 0.529. The van der Waals surface area contributed by atoms with Crippen LogP contribution in [0.2, 0.25) is 5.02 Å². The summed E-state index contributed by atoms with van der Waals surface area (Å²) in [5.74, 6) is -0.190. The van der Waals surface area contributed by atoms with Crippen molar-refractivity contribution in [1.29, 1.82) is 0 Å². The Kier molecular flexibility index (Phi) is 6.34. The molecule has 1 amide bonds. The van der Waals surface area contributed by atoms with Gasteiger partial charge < -0.3 is 19.7 Å². The second kappa shape index (κ2) is 7.53. The molecular weight excluding hydrogens is 268 g/mol. The minimum atomic E-state index is -0.564. The molecule has 0 bridgehead atoms. The third-order valence-corrected chi connectivity index (χ3v) is 2.93. The first-order valence-electron chi connectivity index (χ1n) is 6.28. The molecule has 0 saturated heterocycles. The summed E-state index contributed by atoms with van der Waals surface area (Å²) >= 11 is 5.92. The van der Waals surface area contributed by atoms with Crippen molar-refractivity contribution in [3.8, 4) is 0 Å². The van der Waals surface area contributed by atoms with E-state index in [2.05, 4.69) is 5.32 Å². The fourth-order valence-electron chi connectivity index (χ4n) is 1.77. The number of hydrogen-bond acceptors (Lipinski definition) is 3. The van der Waals surface area contributed by atoms with Crippen molar-refractivity contribution in [2.24, 2.45) is 0 Å². The van der Waals surface area contributed by atoms with Crippen LogP contribution in [0.3, 0.4) is 0 Å². The average Bonchev–Trinajstić information content (AvgIpc) is 2.72. The molecule has 0 saturated carbocycles. The molecule has 1 rings (SSSR count). The maximum absolute atomic E-state index is 12.0. The summed E-state index contributed by atoms with van der Waals surface area (Å²) in [7, 11) is 1.53. The Morgan fingerprint density at radius 1 is 1.58 bits per heavy atom. The lowest BCUT2D eigenvalue weighted by Crippen LogP contribution is -2.30. The summed E-state index contributed by atoms with van der Waals surface area (Å²) in [4.78, 5) is 12.0. The topological polar surface area (TPSA) is 63.5 Å². The first-order valence-corrected chi connectivity index (χ1v) is 6.66. The van der Waals surface area contributed by atoms with E-state index in [9.17, 15) is 9.90 Å². The van der Waals surface area contributed by atoms with E-state index in [-0.39, 0.29) is 18.6 Å². The van der Waals surface area contributed by atoms with Crippen molar-refractivity contribution in [2.75, 3.05) is 20.3 Å². The van der Waals surface area contributed by atoms with Gasteiger partial charge in [0.25, 0.3) is 5.91 Å². The van der Waals surface area contributed by atoms with Crippen LogP contribution in [-0.2, 0) is 4.74 Å². The first-order chi connectivity index (χ1) is 8.95. The number of rotatable bonds is 7. The number of nitrogens with zero attached hydrogens (tertiary/aromatic N) is 1. The number of aliphatic hydroxyl groups is 1. The summed E-state index contributed by atoms with van der Waals surface area (Å²) < 4.78 is 6.64. The van der Waals surface area contributed by atoms with Crippen LogP contribution in [0.1, 0.15) is 36.8 Å². The van der Waals surface area contributed by atoms with E-state index in [0.29, 0.717) is 23.7 Å². The lowest BCUT2D eigenvalue weighted by atomic mass is 10.2. The van der Waals surface area contributed by atoms with Gasteiger partial charge in [-0.25, -0.2) is 0 Å². The van der Waals surface area contributed by atoms with Crippen LogP contribution in [0.5, 0.6) is 0 Å². The molecule has 108 valence electrons. The minimum Gasteiger partial charge on any atom is -0.391 e. The first kappa shape index (κ1) is 16.0. The van der Waals surface area contributed by atoms with Crippen LogP contribution >= 0.6 is 11.6 Å². The Morgan fingerprint density at radius 3 is 2.84 bits per heavy atom. The van der Waals surface area contributed by atoms with E-state index in [0.717, 1.165) is 0 Å². The Labute approximate surface area is 118 Å². The molecule has 2 N–H and O–H groups in total. The number of methoxy groups -OCH3 is 1. The highest BCUT2D eigenvalue weighted by atomic mass is 35.5. The predicted molar refractivity (Wildman–Crippen MR) is 74.7 cm³/mol. The van der Waals surface area contributed by atoms with Gasteiger partial charge >= 0.3 is 0 Å². The SMILES string of the molecule is COCC(O)CCNC(=O)c1cc(Cl)cn1C(C)C. The predicted octanol–water partition coefficient (Wildman–Crippen LogP) is 1.85. The van der Waals surface area contributed by atoms with Crippen LogP contribution in [0.4, 0.5) is 0 Å². The number of hydrogen-bond donors (Lipinski definition) is 2. The third-order valence-electron chi connectivity index (χ3n) is 2.73. The smallest absolute Gasteiger partial charge is 0.267 e. The van der Waals surface area contributed by atoms with Crippen molar-refractivity contribution >= 4 is 17.5 Å². The van der Waals surface area contributed by atoms with Gasteiger partial charge in [0.2, 0.25) is 0 Å².